The maximum Gasteiger partial charge on any atom is 0.499 e. The minimum absolute atomic E-state index is 0.334. The molecule has 1 fully saturated rings. The summed E-state index contributed by atoms with van der Waals surface area (Å²) in [7, 11) is -0.727. The molecule has 0 bridgehead atoms. The molecule has 1 aromatic heterocycles. The molecule has 4 nitrogen and oxygen atoms in total. The lowest BCUT2D eigenvalue weighted by molar-refractivity contribution is 0.00578. The summed E-state index contributed by atoms with van der Waals surface area (Å²) in [5.74, 6) is -0.334. The lowest BCUT2D eigenvalue weighted by Crippen LogP contribution is -2.41. The molecule has 0 amide bonds. The molecule has 0 spiro atoms. The second-order valence-electron chi connectivity index (χ2n) is 5.83. The number of nitrogens with zero attached hydrogens (tertiary/aromatic N) is 1. The Hall–Kier alpha value is -0.975. The van der Waals surface area contributed by atoms with Crippen molar-refractivity contribution in [3.8, 4) is 0 Å². The first kappa shape index (κ1) is 14.4. The minimum atomic E-state index is -0.727. The second-order valence-corrected chi connectivity index (χ2v) is 5.83. The van der Waals surface area contributed by atoms with Gasteiger partial charge in [-0.2, -0.15) is 0 Å². The Morgan fingerprint density at radius 1 is 1.21 bits per heavy atom. The van der Waals surface area contributed by atoms with Crippen molar-refractivity contribution in [3.63, 3.8) is 0 Å². The van der Waals surface area contributed by atoms with Crippen molar-refractivity contribution >= 4 is 12.6 Å². The van der Waals surface area contributed by atoms with Crippen LogP contribution in [0.15, 0.2) is 12.4 Å². The molecule has 2 heterocycles. The number of hydrogen-bond donors (Lipinski definition) is 1. The highest BCUT2D eigenvalue weighted by atomic mass is 19.1. The third-order valence-corrected chi connectivity index (χ3v) is 3.90. The van der Waals surface area contributed by atoms with Crippen LogP contribution < -0.4 is 11.2 Å². The first-order valence-electron chi connectivity index (χ1n) is 6.46. The van der Waals surface area contributed by atoms with Gasteiger partial charge in [0.2, 0.25) is 0 Å². The lowest BCUT2D eigenvalue weighted by atomic mass is 9.79. The van der Waals surface area contributed by atoms with Crippen LogP contribution in [0.1, 0.15) is 33.3 Å². The van der Waals surface area contributed by atoms with E-state index in [9.17, 15) is 4.39 Å². The zero-order valence-corrected chi connectivity index (χ0v) is 11.9. The number of halogens is 1. The lowest BCUT2D eigenvalue weighted by Gasteiger charge is -2.32. The number of rotatable bonds is 3. The van der Waals surface area contributed by atoms with E-state index in [-0.39, 0.29) is 5.82 Å². The van der Waals surface area contributed by atoms with Crippen LogP contribution in [0, 0.1) is 5.82 Å². The SMILES string of the molecule is CC1(C)OB(c2cncc(CCN)c2F)OC1(C)C. The average molecular weight is 266 g/mol. The van der Waals surface area contributed by atoms with Gasteiger partial charge in [-0.3, -0.25) is 4.98 Å². The Kier molecular flexibility index (Phi) is 3.68. The van der Waals surface area contributed by atoms with Gasteiger partial charge in [0.25, 0.3) is 0 Å². The van der Waals surface area contributed by atoms with Gasteiger partial charge in [0.05, 0.1) is 11.2 Å². The molecule has 0 unspecified atom stereocenters. The third kappa shape index (κ3) is 2.52. The predicted molar refractivity (Wildman–Crippen MR) is 72.7 cm³/mol. The molecule has 0 aliphatic carbocycles. The summed E-state index contributed by atoms with van der Waals surface area (Å²) in [6, 6.07) is 0. The smallest absolute Gasteiger partial charge is 0.399 e. The normalized spacial score (nSPS) is 20.8. The van der Waals surface area contributed by atoms with E-state index in [2.05, 4.69) is 4.98 Å². The Morgan fingerprint density at radius 2 is 1.79 bits per heavy atom. The van der Waals surface area contributed by atoms with Crippen molar-refractivity contribution in [2.24, 2.45) is 5.73 Å². The van der Waals surface area contributed by atoms with Crippen molar-refractivity contribution < 1.29 is 13.7 Å². The first-order chi connectivity index (χ1) is 8.78. The van der Waals surface area contributed by atoms with Gasteiger partial charge >= 0.3 is 7.12 Å². The van der Waals surface area contributed by atoms with Crippen molar-refractivity contribution in [2.75, 3.05) is 6.54 Å². The van der Waals surface area contributed by atoms with E-state index < -0.39 is 18.3 Å². The molecule has 1 aliphatic rings. The van der Waals surface area contributed by atoms with E-state index in [0.717, 1.165) is 0 Å². The molecule has 6 heteroatoms. The third-order valence-electron chi connectivity index (χ3n) is 3.90. The van der Waals surface area contributed by atoms with Gasteiger partial charge in [0.1, 0.15) is 5.82 Å². The summed E-state index contributed by atoms with van der Waals surface area (Å²) in [5.41, 5.74) is 5.31. The Labute approximate surface area is 113 Å². The molecule has 0 radical (unpaired) electrons. The molecule has 104 valence electrons. The summed E-state index contributed by atoms with van der Waals surface area (Å²) in [6.45, 7) is 8.11. The topological polar surface area (TPSA) is 57.4 Å². The van der Waals surface area contributed by atoms with E-state index in [1.54, 1.807) is 0 Å². The molecule has 2 rings (SSSR count). The summed E-state index contributed by atoms with van der Waals surface area (Å²) in [6.07, 6.45) is 3.40. The fraction of sp³-hybridized carbons (Fsp3) is 0.615. The average Bonchev–Trinajstić information content (AvgIpc) is 2.51. The molecule has 1 aliphatic heterocycles. The first-order valence-corrected chi connectivity index (χ1v) is 6.46. The molecular formula is C13H20BFN2O2. The van der Waals surface area contributed by atoms with Gasteiger partial charge in [0.15, 0.2) is 0 Å². The van der Waals surface area contributed by atoms with Crippen LogP contribution in [-0.4, -0.2) is 29.8 Å². The van der Waals surface area contributed by atoms with E-state index in [1.165, 1.54) is 12.4 Å². The highest BCUT2D eigenvalue weighted by Crippen LogP contribution is 2.36. The van der Waals surface area contributed by atoms with Gasteiger partial charge in [-0.05, 0) is 40.7 Å². The zero-order chi connectivity index (χ0) is 14.3. The van der Waals surface area contributed by atoms with E-state index in [1.807, 2.05) is 27.7 Å². The quantitative estimate of drug-likeness (QED) is 0.830. The van der Waals surface area contributed by atoms with E-state index >= 15 is 0 Å². The molecule has 1 saturated heterocycles. The van der Waals surface area contributed by atoms with Crippen LogP contribution in [0.25, 0.3) is 0 Å². The fourth-order valence-electron chi connectivity index (χ4n) is 1.97. The molecule has 1 aromatic rings. The molecule has 0 saturated carbocycles. The number of pyridine rings is 1. The van der Waals surface area contributed by atoms with Gasteiger partial charge in [-0.25, -0.2) is 4.39 Å². The summed E-state index contributed by atoms with van der Waals surface area (Å²) < 4.78 is 26.0. The van der Waals surface area contributed by atoms with Crippen LogP contribution >= 0.6 is 0 Å². The Bertz CT molecular complexity index is 464. The van der Waals surface area contributed by atoms with Gasteiger partial charge in [0, 0.05) is 23.4 Å². The highest BCUT2D eigenvalue weighted by Gasteiger charge is 2.52. The van der Waals surface area contributed by atoms with Crippen molar-refractivity contribution in [1.29, 1.82) is 0 Å². The summed E-state index contributed by atoms with van der Waals surface area (Å²) in [5, 5.41) is 0. The van der Waals surface area contributed by atoms with Crippen LogP contribution in [-0.2, 0) is 15.7 Å². The van der Waals surface area contributed by atoms with E-state index in [0.29, 0.717) is 24.0 Å². The number of nitrogens with two attached hydrogens (primary N) is 1. The van der Waals surface area contributed by atoms with Gasteiger partial charge in [-0.1, -0.05) is 0 Å². The van der Waals surface area contributed by atoms with Gasteiger partial charge < -0.3 is 15.0 Å². The largest absolute Gasteiger partial charge is 0.499 e. The molecule has 0 atom stereocenters. The van der Waals surface area contributed by atoms with Crippen LogP contribution in [0.2, 0.25) is 0 Å². The molecule has 0 aromatic carbocycles. The maximum absolute atomic E-state index is 14.4. The molecule has 19 heavy (non-hydrogen) atoms. The predicted octanol–water partition coefficient (Wildman–Crippen LogP) is 1.02. The van der Waals surface area contributed by atoms with Crippen molar-refractivity contribution in [1.82, 2.24) is 4.98 Å². The molecule has 2 N–H and O–H groups in total. The minimum Gasteiger partial charge on any atom is -0.399 e. The van der Waals surface area contributed by atoms with Crippen LogP contribution in [0.5, 0.6) is 0 Å². The fourth-order valence-corrected chi connectivity index (χ4v) is 1.97. The van der Waals surface area contributed by atoms with Crippen LogP contribution in [0.3, 0.4) is 0 Å². The maximum atomic E-state index is 14.4. The van der Waals surface area contributed by atoms with Gasteiger partial charge in [-0.15, -0.1) is 0 Å². The van der Waals surface area contributed by atoms with Crippen molar-refractivity contribution in [3.05, 3.63) is 23.8 Å². The Morgan fingerprint density at radius 3 is 2.32 bits per heavy atom. The number of hydrogen-bond acceptors (Lipinski definition) is 4. The summed E-state index contributed by atoms with van der Waals surface area (Å²) in [4.78, 5) is 4.05. The second kappa shape index (κ2) is 4.85. The monoisotopic (exact) mass is 266 g/mol. The highest BCUT2D eigenvalue weighted by molar-refractivity contribution is 6.62. The van der Waals surface area contributed by atoms with Crippen molar-refractivity contribution in [2.45, 2.75) is 45.3 Å². The zero-order valence-electron chi connectivity index (χ0n) is 11.9. The van der Waals surface area contributed by atoms with Crippen LogP contribution in [0.4, 0.5) is 4.39 Å². The van der Waals surface area contributed by atoms with E-state index in [4.69, 9.17) is 15.0 Å². The summed E-state index contributed by atoms with van der Waals surface area (Å²) >= 11 is 0. The Balaban J connectivity index is 2.32. The standard InChI is InChI=1S/C13H20BFN2O2/c1-12(2)13(3,4)19-14(18-12)10-8-17-7-9(5-6-16)11(10)15/h7-8H,5-6,16H2,1-4H3. The molecular weight excluding hydrogens is 246 g/mol. The number of aromatic nitrogens is 1.